The molecule has 1 aromatic heterocycles. The molecular formula is C14H18N2. The predicted molar refractivity (Wildman–Crippen MR) is 69.5 cm³/mol. The summed E-state index contributed by atoms with van der Waals surface area (Å²) in [6, 6.07) is 8.52. The van der Waals surface area contributed by atoms with E-state index in [9.17, 15) is 0 Å². The van der Waals surface area contributed by atoms with Gasteiger partial charge >= 0.3 is 0 Å². The molecule has 84 valence electrons. The largest absolute Gasteiger partial charge is 0.343 e. The number of allylic oxidation sites excluding steroid dienone is 1. The van der Waals surface area contributed by atoms with E-state index in [2.05, 4.69) is 53.8 Å². The van der Waals surface area contributed by atoms with Crippen LogP contribution in [0.15, 0.2) is 43.1 Å². The average molecular weight is 214 g/mol. The summed E-state index contributed by atoms with van der Waals surface area (Å²) in [7, 11) is 0. The first kappa shape index (κ1) is 11.0. The molecule has 0 aliphatic heterocycles. The van der Waals surface area contributed by atoms with Gasteiger partial charge in [0.2, 0.25) is 0 Å². The van der Waals surface area contributed by atoms with Crippen LogP contribution in [0.5, 0.6) is 0 Å². The van der Waals surface area contributed by atoms with Crippen LogP contribution in [-0.2, 0) is 13.1 Å². The van der Waals surface area contributed by atoms with Gasteiger partial charge in [0, 0.05) is 30.2 Å². The lowest BCUT2D eigenvalue weighted by Gasteiger charge is -1.99. The Morgan fingerprint density at radius 3 is 2.94 bits per heavy atom. The number of hydrogen-bond donors (Lipinski definition) is 1. The highest BCUT2D eigenvalue weighted by atomic mass is 15.0. The zero-order valence-electron chi connectivity index (χ0n) is 9.74. The maximum Gasteiger partial charge on any atom is 0.0486 e. The van der Waals surface area contributed by atoms with E-state index in [1.807, 2.05) is 6.08 Å². The number of nitrogens with zero attached hydrogens (tertiary/aromatic N) is 1. The van der Waals surface area contributed by atoms with Crippen LogP contribution < -0.4 is 5.32 Å². The number of para-hydroxylation sites is 1. The second-order valence-electron chi connectivity index (χ2n) is 3.89. The minimum absolute atomic E-state index is 0.868. The van der Waals surface area contributed by atoms with Gasteiger partial charge in [0.1, 0.15) is 0 Å². The van der Waals surface area contributed by atoms with E-state index in [1.54, 1.807) is 0 Å². The Kier molecular flexibility index (Phi) is 3.42. The van der Waals surface area contributed by atoms with Crippen LogP contribution in [0, 0.1) is 0 Å². The van der Waals surface area contributed by atoms with Gasteiger partial charge in [0.25, 0.3) is 0 Å². The topological polar surface area (TPSA) is 17.0 Å². The first-order valence-electron chi connectivity index (χ1n) is 5.75. The summed E-state index contributed by atoms with van der Waals surface area (Å²) >= 11 is 0. The Labute approximate surface area is 96.6 Å². The molecule has 0 saturated heterocycles. The number of fused-ring (bicyclic) bond motifs is 1. The SMILES string of the molecule is C=CCn1cc(CNCC)c2ccccc21. The van der Waals surface area contributed by atoms with Crippen molar-refractivity contribution in [1.82, 2.24) is 9.88 Å². The lowest BCUT2D eigenvalue weighted by molar-refractivity contribution is 0.725. The summed E-state index contributed by atoms with van der Waals surface area (Å²) in [6.45, 7) is 8.73. The molecule has 1 heterocycles. The van der Waals surface area contributed by atoms with Gasteiger partial charge in [-0.1, -0.05) is 31.2 Å². The van der Waals surface area contributed by atoms with Crippen LogP contribution in [0.4, 0.5) is 0 Å². The van der Waals surface area contributed by atoms with Crippen molar-refractivity contribution < 1.29 is 0 Å². The molecular weight excluding hydrogens is 196 g/mol. The Balaban J connectivity index is 2.44. The molecule has 0 atom stereocenters. The third-order valence-electron chi connectivity index (χ3n) is 2.76. The number of benzene rings is 1. The molecule has 2 rings (SSSR count). The third kappa shape index (κ3) is 2.02. The van der Waals surface area contributed by atoms with Crippen molar-refractivity contribution in [2.24, 2.45) is 0 Å². The van der Waals surface area contributed by atoms with Crippen LogP contribution in [0.2, 0.25) is 0 Å². The monoisotopic (exact) mass is 214 g/mol. The molecule has 0 aliphatic carbocycles. The van der Waals surface area contributed by atoms with Crippen molar-refractivity contribution in [1.29, 1.82) is 0 Å². The Morgan fingerprint density at radius 1 is 1.38 bits per heavy atom. The lowest BCUT2D eigenvalue weighted by Crippen LogP contribution is -2.11. The summed E-state index contributed by atoms with van der Waals surface area (Å²) in [5.74, 6) is 0. The number of aromatic nitrogens is 1. The molecule has 0 unspecified atom stereocenters. The highest BCUT2D eigenvalue weighted by molar-refractivity contribution is 5.84. The normalized spacial score (nSPS) is 10.8. The fraction of sp³-hybridized carbons (Fsp3) is 0.286. The van der Waals surface area contributed by atoms with Gasteiger partial charge in [-0.2, -0.15) is 0 Å². The summed E-state index contributed by atoms with van der Waals surface area (Å²) < 4.78 is 2.25. The van der Waals surface area contributed by atoms with Crippen molar-refractivity contribution in [3.05, 3.63) is 48.7 Å². The average Bonchev–Trinajstić information content (AvgIpc) is 2.66. The maximum absolute atomic E-state index is 3.80. The predicted octanol–water partition coefficient (Wildman–Crippen LogP) is 2.94. The quantitative estimate of drug-likeness (QED) is 0.757. The second kappa shape index (κ2) is 4.99. The maximum atomic E-state index is 3.80. The number of rotatable bonds is 5. The summed E-state index contributed by atoms with van der Waals surface area (Å²) in [5.41, 5.74) is 2.65. The summed E-state index contributed by atoms with van der Waals surface area (Å²) in [4.78, 5) is 0. The Hall–Kier alpha value is -1.54. The van der Waals surface area contributed by atoms with Gasteiger partial charge in [-0.25, -0.2) is 0 Å². The molecule has 1 aromatic carbocycles. The van der Waals surface area contributed by atoms with Crippen LogP contribution in [0.3, 0.4) is 0 Å². The van der Waals surface area contributed by atoms with Gasteiger partial charge in [-0.3, -0.25) is 0 Å². The van der Waals surface area contributed by atoms with Crippen molar-refractivity contribution >= 4 is 10.9 Å². The fourth-order valence-electron chi connectivity index (χ4n) is 2.01. The highest BCUT2D eigenvalue weighted by Gasteiger charge is 2.05. The molecule has 1 N–H and O–H groups in total. The van der Waals surface area contributed by atoms with E-state index in [0.717, 1.165) is 19.6 Å². The zero-order chi connectivity index (χ0) is 11.4. The minimum atomic E-state index is 0.868. The fourth-order valence-corrected chi connectivity index (χ4v) is 2.01. The van der Waals surface area contributed by atoms with Crippen LogP contribution in [-0.4, -0.2) is 11.1 Å². The summed E-state index contributed by atoms with van der Waals surface area (Å²) in [5, 5.41) is 4.71. The standard InChI is InChI=1S/C14H18N2/c1-3-9-16-11-12(10-15-4-2)13-7-5-6-8-14(13)16/h3,5-8,11,15H,1,4,9-10H2,2H3. The second-order valence-corrected chi connectivity index (χ2v) is 3.89. The minimum Gasteiger partial charge on any atom is -0.343 e. The van der Waals surface area contributed by atoms with Gasteiger partial charge in [-0.05, 0) is 18.2 Å². The first-order chi connectivity index (χ1) is 7.86. The van der Waals surface area contributed by atoms with Gasteiger partial charge < -0.3 is 9.88 Å². The molecule has 0 radical (unpaired) electrons. The van der Waals surface area contributed by atoms with Crippen LogP contribution >= 0.6 is 0 Å². The van der Waals surface area contributed by atoms with Crippen molar-refractivity contribution in [2.75, 3.05) is 6.54 Å². The van der Waals surface area contributed by atoms with E-state index in [1.165, 1.54) is 16.5 Å². The van der Waals surface area contributed by atoms with E-state index in [0.29, 0.717) is 0 Å². The molecule has 0 saturated carbocycles. The molecule has 0 aliphatic rings. The smallest absolute Gasteiger partial charge is 0.0486 e. The van der Waals surface area contributed by atoms with Crippen LogP contribution in [0.25, 0.3) is 10.9 Å². The van der Waals surface area contributed by atoms with Gasteiger partial charge in [0.05, 0.1) is 0 Å². The van der Waals surface area contributed by atoms with Crippen molar-refractivity contribution in [2.45, 2.75) is 20.0 Å². The van der Waals surface area contributed by atoms with Gasteiger partial charge in [-0.15, -0.1) is 6.58 Å². The third-order valence-corrected chi connectivity index (χ3v) is 2.76. The van der Waals surface area contributed by atoms with E-state index in [-0.39, 0.29) is 0 Å². The molecule has 0 fully saturated rings. The molecule has 0 amide bonds. The first-order valence-corrected chi connectivity index (χ1v) is 5.75. The van der Waals surface area contributed by atoms with Crippen molar-refractivity contribution in [3.8, 4) is 0 Å². The molecule has 2 nitrogen and oxygen atoms in total. The molecule has 16 heavy (non-hydrogen) atoms. The number of nitrogens with one attached hydrogen (secondary N) is 1. The Bertz CT molecular complexity index is 482. The molecule has 0 bridgehead atoms. The molecule has 2 aromatic rings. The number of hydrogen-bond acceptors (Lipinski definition) is 1. The van der Waals surface area contributed by atoms with Gasteiger partial charge in [0.15, 0.2) is 0 Å². The van der Waals surface area contributed by atoms with Crippen molar-refractivity contribution in [3.63, 3.8) is 0 Å². The van der Waals surface area contributed by atoms with E-state index < -0.39 is 0 Å². The molecule has 2 heteroatoms. The Morgan fingerprint density at radius 2 is 2.19 bits per heavy atom. The highest BCUT2D eigenvalue weighted by Crippen LogP contribution is 2.21. The molecule has 0 spiro atoms. The summed E-state index contributed by atoms with van der Waals surface area (Å²) in [6.07, 6.45) is 4.15. The van der Waals surface area contributed by atoms with E-state index in [4.69, 9.17) is 0 Å². The lowest BCUT2D eigenvalue weighted by atomic mass is 10.2. The van der Waals surface area contributed by atoms with E-state index >= 15 is 0 Å². The van der Waals surface area contributed by atoms with Crippen LogP contribution in [0.1, 0.15) is 12.5 Å². The zero-order valence-corrected chi connectivity index (χ0v) is 9.74.